The Kier molecular flexibility index (Phi) is 5.64. The van der Waals surface area contributed by atoms with Crippen LogP contribution in [-0.2, 0) is 6.42 Å². The summed E-state index contributed by atoms with van der Waals surface area (Å²) >= 11 is 5.77. The van der Waals surface area contributed by atoms with Gasteiger partial charge < -0.3 is 5.11 Å². The Labute approximate surface area is 142 Å². The minimum atomic E-state index is -0.591. The lowest BCUT2D eigenvalue weighted by molar-refractivity contribution is 0.219. The molecule has 0 aliphatic rings. The second-order valence-electron chi connectivity index (χ2n) is 5.41. The molecule has 0 bridgehead atoms. The van der Waals surface area contributed by atoms with Crippen LogP contribution in [0.5, 0.6) is 0 Å². The Morgan fingerprint density at radius 2 is 1.75 bits per heavy atom. The third-order valence-electron chi connectivity index (χ3n) is 3.19. The first kappa shape index (κ1) is 16.0. The van der Waals surface area contributed by atoms with Gasteiger partial charge in [0.05, 0.1) is 0 Å². The summed E-state index contributed by atoms with van der Waals surface area (Å²) in [6, 6.07) is 14.3. The average Bonchev–Trinajstić information content (AvgIpc) is 2.41. The number of aliphatic hydroxyl groups is 1. The lowest BCUT2D eigenvalue weighted by Gasteiger charge is -2.15. The Morgan fingerprint density at radius 3 is 2.35 bits per heavy atom. The van der Waals surface area contributed by atoms with E-state index in [1.54, 1.807) is 0 Å². The third kappa shape index (κ3) is 4.06. The van der Waals surface area contributed by atoms with Gasteiger partial charge in [-0.2, -0.15) is 0 Å². The molecule has 3 heteroatoms. The first-order valence-electron chi connectivity index (χ1n) is 6.69. The van der Waals surface area contributed by atoms with Crippen molar-refractivity contribution in [3.63, 3.8) is 0 Å². The van der Waals surface area contributed by atoms with Gasteiger partial charge in [-0.05, 0) is 64.3 Å². The Bertz CT molecular complexity index is 578. The van der Waals surface area contributed by atoms with Crippen molar-refractivity contribution in [2.24, 2.45) is 5.92 Å². The zero-order valence-electron chi connectivity index (χ0n) is 11.6. The fraction of sp³-hybridized carbons (Fsp3) is 0.294. The summed E-state index contributed by atoms with van der Waals surface area (Å²) in [6.45, 7) is 4.43. The normalized spacial score (nSPS) is 12.7. The molecule has 0 heterocycles. The van der Waals surface area contributed by atoms with Crippen molar-refractivity contribution < 1.29 is 5.11 Å². The first-order valence-corrected chi connectivity index (χ1v) is 8.56. The van der Waals surface area contributed by atoms with Crippen molar-refractivity contribution in [2.45, 2.75) is 26.4 Å². The van der Waals surface area contributed by atoms with E-state index in [0.717, 1.165) is 25.6 Å². The van der Waals surface area contributed by atoms with Gasteiger partial charge in [-0.25, -0.2) is 0 Å². The minimum absolute atomic E-state index is 0.591. The highest BCUT2D eigenvalue weighted by Crippen LogP contribution is 2.30. The van der Waals surface area contributed by atoms with Crippen molar-refractivity contribution in [2.75, 3.05) is 0 Å². The standard InChI is InChI=1S/C17H18BrIO/c1-11(2)9-12-3-5-13(6-4-12)17(20)15-10-14(19)7-8-16(15)18/h3-8,10-11,17,20H,9H2,1-2H3. The van der Waals surface area contributed by atoms with E-state index in [-0.39, 0.29) is 0 Å². The van der Waals surface area contributed by atoms with Gasteiger partial charge in [0, 0.05) is 13.6 Å². The lowest BCUT2D eigenvalue weighted by Crippen LogP contribution is -2.02. The van der Waals surface area contributed by atoms with E-state index in [4.69, 9.17) is 0 Å². The predicted octanol–water partition coefficient (Wildman–Crippen LogP) is 5.33. The number of hydrogen-bond donors (Lipinski definition) is 1. The summed E-state index contributed by atoms with van der Waals surface area (Å²) in [4.78, 5) is 0. The van der Waals surface area contributed by atoms with Gasteiger partial charge in [0.1, 0.15) is 6.10 Å². The molecule has 1 nitrogen and oxygen atoms in total. The molecule has 0 aliphatic carbocycles. The predicted molar refractivity (Wildman–Crippen MR) is 95.9 cm³/mol. The molecule has 0 amide bonds. The average molecular weight is 445 g/mol. The maximum Gasteiger partial charge on any atom is 0.105 e. The van der Waals surface area contributed by atoms with Crippen LogP contribution in [-0.4, -0.2) is 5.11 Å². The summed E-state index contributed by atoms with van der Waals surface area (Å²) < 4.78 is 2.06. The van der Waals surface area contributed by atoms with E-state index in [1.807, 2.05) is 30.3 Å². The minimum Gasteiger partial charge on any atom is -0.384 e. The van der Waals surface area contributed by atoms with E-state index in [0.29, 0.717) is 5.92 Å². The van der Waals surface area contributed by atoms with Crippen molar-refractivity contribution in [1.82, 2.24) is 0 Å². The van der Waals surface area contributed by atoms with Gasteiger partial charge in [-0.1, -0.05) is 54.0 Å². The molecule has 1 N–H and O–H groups in total. The molecule has 1 atom stereocenters. The number of hydrogen-bond acceptors (Lipinski definition) is 1. The summed E-state index contributed by atoms with van der Waals surface area (Å²) in [5.74, 6) is 0.649. The van der Waals surface area contributed by atoms with Gasteiger partial charge in [0.15, 0.2) is 0 Å². The third-order valence-corrected chi connectivity index (χ3v) is 4.59. The van der Waals surface area contributed by atoms with Gasteiger partial charge in [-0.3, -0.25) is 0 Å². The van der Waals surface area contributed by atoms with Crippen LogP contribution in [0.1, 0.15) is 36.6 Å². The zero-order valence-corrected chi connectivity index (χ0v) is 15.3. The molecule has 2 aromatic carbocycles. The van der Waals surface area contributed by atoms with Crippen molar-refractivity contribution >= 4 is 38.5 Å². The molecule has 2 aromatic rings. The summed E-state index contributed by atoms with van der Waals surface area (Å²) in [6.07, 6.45) is 0.482. The van der Waals surface area contributed by atoms with Gasteiger partial charge in [0.2, 0.25) is 0 Å². The van der Waals surface area contributed by atoms with E-state index >= 15 is 0 Å². The molecule has 106 valence electrons. The molecule has 0 radical (unpaired) electrons. The van der Waals surface area contributed by atoms with Crippen LogP contribution in [0.15, 0.2) is 46.9 Å². The summed E-state index contributed by atoms with van der Waals surface area (Å²) in [5.41, 5.74) is 3.16. The van der Waals surface area contributed by atoms with E-state index in [9.17, 15) is 5.11 Å². The molecular formula is C17H18BrIO. The Balaban J connectivity index is 2.24. The molecule has 0 fully saturated rings. The van der Waals surface area contributed by atoms with Crippen molar-refractivity contribution in [3.8, 4) is 0 Å². The highest BCUT2D eigenvalue weighted by atomic mass is 127. The zero-order chi connectivity index (χ0) is 14.7. The van der Waals surface area contributed by atoms with Crippen LogP contribution >= 0.6 is 38.5 Å². The first-order chi connectivity index (χ1) is 9.47. The van der Waals surface area contributed by atoms with Gasteiger partial charge in [-0.15, -0.1) is 0 Å². The van der Waals surface area contributed by atoms with Crippen molar-refractivity contribution in [1.29, 1.82) is 0 Å². The maximum atomic E-state index is 10.5. The molecule has 0 saturated carbocycles. The monoisotopic (exact) mass is 444 g/mol. The lowest BCUT2D eigenvalue weighted by atomic mass is 9.97. The van der Waals surface area contributed by atoms with Crippen LogP contribution in [0.2, 0.25) is 0 Å². The molecule has 0 aromatic heterocycles. The summed E-state index contributed by atoms with van der Waals surface area (Å²) in [7, 11) is 0. The quantitative estimate of drug-likeness (QED) is 0.631. The fourth-order valence-electron chi connectivity index (χ4n) is 2.21. The summed E-state index contributed by atoms with van der Waals surface area (Å²) in [5, 5.41) is 10.5. The van der Waals surface area contributed by atoms with Crippen LogP contribution in [0, 0.1) is 9.49 Å². The fourth-order valence-corrected chi connectivity index (χ4v) is 3.19. The molecule has 0 aliphatic heterocycles. The molecule has 20 heavy (non-hydrogen) atoms. The molecular weight excluding hydrogens is 427 g/mol. The molecule has 2 rings (SSSR count). The van der Waals surface area contributed by atoms with Crippen LogP contribution in [0.4, 0.5) is 0 Å². The van der Waals surface area contributed by atoms with Gasteiger partial charge in [0.25, 0.3) is 0 Å². The molecule has 0 spiro atoms. The largest absolute Gasteiger partial charge is 0.384 e. The molecule has 1 unspecified atom stereocenters. The number of benzene rings is 2. The topological polar surface area (TPSA) is 20.2 Å². The van der Waals surface area contributed by atoms with Crippen molar-refractivity contribution in [3.05, 3.63) is 67.2 Å². The second kappa shape index (κ2) is 7.05. The van der Waals surface area contributed by atoms with E-state index in [1.165, 1.54) is 5.56 Å². The van der Waals surface area contributed by atoms with E-state index in [2.05, 4.69) is 64.5 Å². The highest BCUT2D eigenvalue weighted by molar-refractivity contribution is 14.1. The second-order valence-corrected chi connectivity index (χ2v) is 7.51. The number of halogens is 2. The maximum absolute atomic E-state index is 10.5. The SMILES string of the molecule is CC(C)Cc1ccc(C(O)c2cc(I)ccc2Br)cc1. The highest BCUT2D eigenvalue weighted by Gasteiger charge is 2.14. The Hall–Kier alpha value is -0.390. The molecule has 0 saturated heterocycles. The van der Waals surface area contributed by atoms with Crippen LogP contribution in [0.3, 0.4) is 0 Å². The van der Waals surface area contributed by atoms with Crippen LogP contribution in [0.25, 0.3) is 0 Å². The number of rotatable bonds is 4. The van der Waals surface area contributed by atoms with Gasteiger partial charge >= 0.3 is 0 Å². The Morgan fingerprint density at radius 1 is 1.10 bits per heavy atom. The van der Waals surface area contributed by atoms with Crippen LogP contribution < -0.4 is 0 Å². The van der Waals surface area contributed by atoms with E-state index < -0.39 is 6.10 Å². The number of aliphatic hydroxyl groups excluding tert-OH is 1. The smallest absolute Gasteiger partial charge is 0.105 e.